The number of carbonyl (C=O) groups excluding carboxylic acids is 1. The molecule has 2 aliphatic carbocycles. The minimum Gasteiger partial charge on any atom is -0.274 e. The molecular weight excluding hydrogens is 254 g/mol. The van der Waals surface area contributed by atoms with E-state index in [1.807, 2.05) is 0 Å². The van der Waals surface area contributed by atoms with Gasteiger partial charge in [0.15, 0.2) is 5.03 Å². The van der Waals surface area contributed by atoms with Crippen molar-refractivity contribution in [3.63, 3.8) is 0 Å². The molecule has 3 rings (SSSR count). The number of carbonyl (C=O) groups is 1. The van der Waals surface area contributed by atoms with E-state index >= 15 is 0 Å². The van der Waals surface area contributed by atoms with E-state index in [4.69, 9.17) is 0 Å². The topological polar surface area (TPSA) is 89.0 Å². The molecule has 0 unspecified atom stereocenters. The molecule has 6 nitrogen and oxygen atoms in total. The average Bonchev–Trinajstić information content (AvgIpc) is 3.19. The molecule has 1 N–H and O–H groups in total. The zero-order valence-corrected chi connectivity index (χ0v) is 10.4. The Hall–Kier alpha value is -1.50. The molecule has 0 bridgehead atoms. The largest absolute Gasteiger partial charge is 0.283 e. The van der Waals surface area contributed by atoms with E-state index in [1.165, 1.54) is 25.2 Å². The quantitative estimate of drug-likeness (QED) is 0.849. The van der Waals surface area contributed by atoms with Gasteiger partial charge < -0.3 is 0 Å². The number of sulfonamides is 1. The van der Waals surface area contributed by atoms with Gasteiger partial charge in [-0.15, -0.1) is 0 Å². The van der Waals surface area contributed by atoms with Crippen LogP contribution in [0.3, 0.4) is 0 Å². The summed E-state index contributed by atoms with van der Waals surface area (Å²) in [4.78, 5) is 19.2. The Kier molecular flexibility index (Phi) is 2.58. The van der Waals surface area contributed by atoms with Crippen molar-refractivity contribution in [1.82, 2.24) is 14.7 Å². The standard InChI is InChI=1S/C11H13N3O3S/c15-11(9-5-8(9)7-1-2-7)14-18(16,17)10-6-12-3-4-13-10/h3-4,6-9H,1-2,5H2,(H,14,15)/t8-,9+/m0/s1. The summed E-state index contributed by atoms with van der Waals surface area (Å²) in [6.45, 7) is 0. The van der Waals surface area contributed by atoms with Gasteiger partial charge in [-0.3, -0.25) is 9.78 Å². The van der Waals surface area contributed by atoms with E-state index in [2.05, 4.69) is 14.7 Å². The SMILES string of the molecule is O=C(NS(=O)(=O)c1cnccn1)[C@@H]1C[C@H]1C1CC1. The van der Waals surface area contributed by atoms with Crippen LogP contribution >= 0.6 is 0 Å². The lowest BCUT2D eigenvalue weighted by atomic mass is 10.2. The van der Waals surface area contributed by atoms with Crippen molar-refractivity contribution >= 4 is 15.9 Å². The predicted molar refractivity (Wildman–Crippen MR) is 61.7 cm³/mol. The summed E-state index contributed by atoms with van der Waals surface area (Å²) in [5, 5.41) is -0.220. The second-order valence-corrected chi connectivity index (χ2v) is 6.49. The molecule has 2 atom stereocenters. The van der Waals surface area contributed by atoms with Gasteiger partial charge in [-0.1, -0.05) is 0 Å². The minimum atomic E-state index is -3.87. The maximum absolute atomic E-state index is 11.8. The second-order valence-electron chi connectivity index (χ2n) is 4.86. The second kappa shape index (κ2) is 4.01. The third-order valence-corrected chi connectivity index (χ3v) is 4.69. The first kappa shape index (κ1) is 11.6. The van der Waals surface area contributed by atoms with Crippen LogP contribution in [0.15, 0.2) is 23.6 Å². The lowest BCUT2D eigenvalue weighted by Gasteiger charge is -2.05. The van der Waals surface area contributed by atoms with Gasteiger partial charge in [0, 0.05) is 18.3 Å². The summed E-state index contributed by atoms with van der Waals surface area (Å²) in [6.07, 6.45) is 6.94. The van der Waals surface area contributed by atoms with Crippen molar-refractivity contribution < 1.29 is 13.2 Å². The fourth-order valence-corrected chi connectivity index (χ4v) is 3.17. The van der Waals surface area contributed by atoms with Crippen LogP contribution in [-0.2, 0) is 14.8 Å². The third-order valence-electron chi connectivity index (χ3n) is 3.45. The van der Waals surface area contributed by atoms with Crippen LogP contribution in [0.4, 0.5) is 0 Å². The van der Waals surface area contributed by atoms with E-state index in [1.54, 1.807) is 0 Å². The lowest BCUT2D eigenvalue weighted by Crippen LogP contribution is -2.32. The Morgan fingerprint density at radius 1 is 1.33 bits per heavy atom. The molecule has 7 heteroatoms. The molecule has 1 heterocycles. The Bertz CT molecular complexity index is 568. The minimum absolute atomic E-state index is 0.135. The molecule has 2 saturated carbocycles. The molecule has 1 aromatic heterocycles. The smallest absolute Gasteiger partial charge is 0.274 e. The van der Waals surface area contributed by atoms with Crippen LogP contribution in [0.5, 0.6) is 0 Å². The molecule has 0 aliphatic heterocycles. The highest BCUT2D eigenvalue weighted by Crippen LogP contribution is 2.54. The van der Waals surface area contributed by atoms with Gasteiger partial charge in [0.25, 0.3) is 10.0 Å². The van der Waals surface area contributed by atoms with Gasteiger partial charge in [0.1, 0.15) is 0 Å². The summed E-state index contributed by atoms with van der Waals surface area (Å²) in [7, 11) is -3.87. The highest BCUT2D eigenvalue weighted by Gasteiger charge is 2.51. The van der Waals surface area contributed by atoms with E-state index in [0.717, 1.165) is 12.6 Å². The van der Waals surface area contributed by atoms with E-state index in [9.17, 15) is 13.2 Å². The maximum atomic E-state index is 11.8. The first-order valence-electron chi connectivity index (χ1n) is 5.90. The highest BCUT2D eigenvalue weighted by molar-refractivity contribution is 7.90. The molecule has 0 saturated heterocycles. The molecule has 1 aromatic rings. The van der Waals surface area contributed by atoms with Gasteiger partial charge in [-0.2, -0.15) is 8.42 Å². The van der Waals surface area contributed by atoms with E-state index in [0.29, 0.717) is 11.8 Å². The van der Waals surface area contributed by atoms with Crippen molar-refractivity contribution in [3.8, 4) is 0 Å². The van der Waals surface area contributed by atoms with Gasteiger partial charge in [-0.05, 0) is 31.1 Å². The van der Waals surface area contributed by atoms with Crippen molar-refractivity contribution in [2.75, 3.05) is 0 Å². The molecule has 0 aromatic carbocycles. The van der Waals surface area contributed by atoms with Crippen LogP contribution in [0.25, 0.3) is 0 Å². The molecule has 0 spiro atoms. The van der Waals surface area contributed by atoms with Crippen molar-refractivity contribution in [2.45, 2.75) is 24.3 Å². The summed E-state index contributed by atoms with van der Waals surface area (Å²) in [5.41, 5.74) is 0. The molecule has 18 heavy (non-hydrogen) atoms. The van der Waals surface area contributed by atoms with Crippen LogP contribution in [0.2, 0.25) is 0 Å². The van der Waals surface area contributed by atoms with Gasteiger partial charge in [-0.25, -0.2) is 9.71 Å². The number of amides is 1. The molecule has 1 amide bonds. The molecule has 0 radical (unpaired) electrons. The first-order valence-corrected chi connectivity index (χ1v) is 7.39. The Labute approximate surface area is 105 Å². The fraction of sp³-hybridized carbons (Fsp3) is 0.545. The summed E-state index contributed by atoms with van der Waals surface area (Å²) in [5.74, 6) is 0.489. The number of nitrogens with zero attached hydrogens (tertiary/aromatic N) is 2. The zero-order valence-electron chi connectivity index (χ0n) is 9.61. The molecular formula is C11H13N3O3S. The summed E-state index contributed by atoms with van der Waals surface area (Å²) in [6, 6.07) is 0. The number of nitrogens with one attached hydrogen (secondary N) is 1. The number of rotatable bonds is 4. The summed E-state index contributed by atoms with van der Waals surface area (Å²) < 4.78 is 25.7. The Morgan fingerprint density at radius 2 is 2.11 bits per heavy atom. The third kappa shape index (κ3) is 2.22. The summed E-state index contributed by atoms with van der Waals surface area (Å²) >= 11 is 0. The first-order chi connectivity index (χ1) is 8.58. The number of hydrogen-bond acceptors (Lipinski definition) is 5. The van der Waals surface area contributed by atoms with Crippen LogP contribution in [0, 0.1) is 17.8 Å². The van der Waals surface area contributed by atoms with Crippen molar-refractivity contribution in [3.05, 3.63) is 18.6 Å². The fourth-order valence-electron chi connectivity index (χ4n) is 2.25. The Balaban J connectivity index is 1.67. The predicted octanol–water partition coefficient (Wildman–Crippen LogP) is 0.328. The van der Waals surface area contributed by atoms with Gasteiger partial charge in [0.05, 0.1) is 6.20 Å². The van der Waals surface area contributed by atoms with Gasteiger partial charge >= 0.3 is 0 Å². The Morgan fingerprint density at radius 3 is 2.72 bits per heavy atom. The monoisotopic (exact) mass is 267 g/mol. The molecule has 2 aliphatic rings. The normalized spacial score (nSPS) is 26.7. The number of hydrogen-bond donors (Lipinski definition) is 1. The highest BCUT2D eigenvalue weighted by atomic mass is 32.2. The number of aromatic nitrogens is 2. The molecule has 96 valence electrons. The van der Waals surface area contributed by atoms with E-state index in [-0.39, 0.29) is 10.9 Å². The zero-order chi connectivity index (χ0) is 12.8. The van der Waals surface area contributed by atoms with Crippen LogP contribution in [-0.4, -0.2) is 24.3 Å². The van der Waals surface area contributed by atoms with Gasteiger partial charge in [0.2, 0.25) is 5.91 Å². The lowest BCUT2D eigenvalue weighted by molar-refractivity contribution is -0.120. The van der Waals surface area contributed by atoms with Crippen molar-refractivity contribution in [2.24, 2.45) is 17.8 Å². The van der Waals surface area contributed by atoms with Crippen LogP contribution < -0.4 is 4.72 Å². The average molecular weight is 267 g/mol. The van der Waals surface area contributed by atoms with E-state index < -0.39 is 15.9 Å². The van der Waals surface area contributed by atoms with Crippen molar-refractivity contribution in [1.29, 1.82) is 0 Å². The molecule has 2 fully saturated rings. The maximum Gasteiger partial charge on any atom is 0.283 e. The van der Waals surface area contributed by atoms with Crippen LogP contribution in [0.1, 0.15) is 19.3 Å².